The van der Waals surface area contributed by atoms with Gasteiger partial charge in [-0.3, -0.25) is 0 Å². The number of nitrogens with one attached hydrogen (secondary N) is 2. The van der Waals surface area contributed by atoms with E-state index >= 15 is 0 Å². The van der Waals surface area contributed by atoms with Gasteiger partial charge in [0.2, 0.25) is 0 Å². The fourth-order valence-corrected chi connectivity index (χ4v) is 2.08. The largest absolute Gasteiger partial charge is 0.443 e. The lowest BCUT2D eigenvalue weighted by atomic mass is 10.2. The Morgan fingerprint density at radius 2 is 1.71 bits per heavy atom. The molecule has 1 aromatic rings. The third-order valence-electron chi connectivity index (χ3n) is 1.98. The number of hydrogen-bond acceptors (Lipinski definition) is 4. The highest BCUT2D eigenvalue weighted by Crippen LogP contribution is 2.19. The predicted octanol–water partition coefficient (Wildman–Crippen LogP) is 1.82. The molecule has 10 heteroatoms. The Hall–Kier alpha value is -1.81. The molecule has 0 saturated carbocycles. The van der Waals surface area contributed by atoms with E-state index in [9.17, 15) is 26.4 Å². The van der Waals surface area contributed by atoms with E-state index in [0.717, 1.165) is 0 Å². The van der Waals surface area contributed by atoms with Crippen molar-refractivity contribution in [3.63, 3.8) is 0 Å². The highest BCUT2D eigenvalue weighted by molar-refractivity contribution is 7.89. The zero-order chi connectivity index (χ0) is 16.4. The van der Waals surface area contributed by atoms with Crippen LogP contribution in [0.2, 0.25) is 0 Å². The summed E-state index contributed by atoms with van der Waals surface area (Å²) >= 11 is 0. The first-order valence-corrected chi connectivity index (χ1v) is 7.06. The maximum atomic E-state index is 13.4. The maximum absolute atomic E-state index is 13.4. The topological polar surface area (TPSA) is 84.5 Å². The monoisotopic (exact) mass is 326 g/mol. The van der Waals surface area contributed by atoms with Gasteiger partial charge in [-0.2, -0.15) is 0 Å². The van der Waals surface area contributed by atoms with Crippen molar-refractivity contribution in [1.82, 2.24) is 10.3 Å². The molecule has 1 amide bonds. The van der Waals surface area contributed by atoms with Gasteiger partial charge in [-0.25, -0.2) is 31.8 Å². The average Bonchev–Trinajstić information content (AvgIpc) is 2.31. The number of hydrogen-bond donors (Lipinski definition) is 2. The molecule has 1 aromatic carbocycles. The summed E-state index contributed by atoms with van der Waals surface area (Å²) in [6.07, 6.45) is -1.14. The fraction of sp³-hybridized carbons (Fsp3) is 0.364. The molecule has 0 spiro atoms. The van der Waals surface area contributed by atoms with Crippen LogP contribution in [-0.2, 0) is 14.8 Å². The normalized spacial score (nSPS) is 12.1. The summed E-state index contributed by atoms with van der Waals surface area (Å²) in [5, 5.41) is 0. The molecular formula is C11H13F3N2O4S. The van der Waals surface area contributed by atoms with Crippen molar-refractivity contribution in [2.75, 3.05) is 0 Å². The molecule has 0 aliphatic heterocycles. The Labute approximate surface area is 119 Å². The first-order valence-electron chi connectivity index (χ1n) is 5.58. The lowest BCUT2D eigenvalue weighted by Crippen LogP contribution is -2.44. The van der Waals surface area contributed by atoms with Gasteiger partial charge in [-0.15, -0.1) is 4.83 Å². The Morgan fingerprint density at radius 3 is 2.24 bits per heavy atom. The van der Waals surface area contributed by atoms with Crippen molar-refractivity contribution in [2.24, 2.45) is 0 Å². The molecule has 2 N–H and O–H groups in total. The zero-order valence-electron chi connectivity index (χ0n) is 11.3. The van der Waals surface area contributed by atoms with Gasteiger partial charge in [0.25, 0.3) is 10.0 Å². The molecule has 0 bridgehead atoms. The van der Waals surface area contributed by atoms with Crippen LogP contribution in [-0.4, -0.2) is 20.1 Å². The highest BCUT2D eigenvalue weighted by Gasteiger charge is 2.25. The lowest BCUT2D eigenvalue weighted by molar-refractivity contribution is 0.0515. The number of rotatable bonds is 3. The van der Waals surface area contributed by atoms with Gasteiger partial charge in [0, 0.05) is 0 Å². The maximum Gasteiger partial charge on any atom is 0.423 e. The molecule has 21 heavy (non-hydrogen) atoms. The molecule has 0 unspecified atom stereocenters. The number of amides is 1. The second kappa shape index (κ2) is 5.90. The molecule has 0 aromatic heterocycles. The van der Waals surface area contributed by atoms with E-state index in [0.29, 0.717) is 12.1 Å². The summed E-state index contributed by atoms with van der Waals surface area (Å²) in [5.74, 6) is -5.37. The molecule has 0 fully saturated rings. The number of carbonyl (C=O) groups is 1. The van der Waals surface area contributed by atoms with Crippen molar-refractivity contribution in [1.29, 1.82) is 0 Å². The van der Waals surface area contributed by atoms with Crippen LogP contribution in [0, 0.1) is 17.5 Å². The number of halogens is 3. The van der Waals surface area contributed by atoms with Gasteiger partial charge in [-0.1, -0.05) is 0 Å². The van der Waals surface area contributed by atoms with Crippen LogP contribution in [0.15, 0.2) is 17.0 Å². The summed E-state index contributed by atoms with van der Waals surface area (Å²) in [5.41, 5.74) is 0.771. The Bertz CT molecular complexity index is 656. The SMILES string of the molecule is CC(C)(C)OC(=O)NNS(=O)(=O)c1ccc(F)c(F)c1F. The summed E-state index contributed by atoms with van der Waals surface area (Å²) in [6.45, 7) is 4.61. The van der Waals surface area contributed by atoms with E-state index in [1.165, 1.54) is 25.6 Å². The first kappa shape index (κ1) is 17.2. The first-order chi connectivity index (χ1) is 9.44. The van der Waals surface area contributed by atoms with Crippen LogP contribution in [0.5, 0.6) is 0 Å². The molecule has 0 heterocycles. The van der Waals surface area contributed by atoms with Crippen molar-refractivity contribution < 1.29 is 31.1 Å². The van der Waals surface area contributed by atoms with E-state index in [-0.39, 0.29) is 0 Å². The summed E-state index contributed by atoms with van der Waals surface area (Å²) < 4.78 is 67.2. The quantitative estimate of drug-likeness (QED) is 0.655. The molecule has 0 aliphatic carbocycles. The minimum absolute atomic E-state index is 0.445. The Kier molecular flexibility index (Phi) is 4.84. The second-order valence-corrected chi connectivity index (χ2v) is 6.56. The van der Waals surface area contributed by atoms with E-state index in [4.69, 9.17) is 4.74 Å². The third kappa shape index (κ3) is 4.60. The zero-order valence-corrected chi connectivity index (χ0v) is 12.1. The average molecular weight is 326 g/mol. The number of carbonyl (C=O) groups excluding carboxylic acids is 1. The van der Waals surface area contributed by atoms with E-state index < -0.39 is 44.1 Å². The van der Waals surface area contributed by atoms with E-state index in [1.54, 1.807) is 5.43 Å². The number of hydrazine groups is 1. The van der Waals surface area contributed by atoms with Crippen LogP contribution in [0.1, 0.15) is 20.8 Å². The number of benzene rings is 1. The van der Waals surface area contributed by atoms with Crippen molar-refractivity contribution in [3.05, 3.63) is 29.6 Å². The molecule has 0 atom stereocenters. The van der Waals surface area contributed by atoms with Crippen LogP contribution < -0.4 is 10.3 Å². The third-order valence-corrected chi connectivity index (χ3v) is 3.24. The summed E-state index contributed by atoms with van der Waals surface area (Å²) in [7, 11) is -4.62. The molecule has 0 aliphatic rings. The molecule has 118 valence electrons. The van der Waals surface area contributed by atoms with Crippen LogP contribution in [0.25, 0.3) is 0 Å². The van der Waals surface area contributed by atoms with Crippen LogP contribution in [0.3, 0.4) is 0 Å². The van der Waals surface area contributed by atoms with Gasteiger partial charge in [0.15, 0.2) is 17.5 Å². The van der Waals surface area contributed by atoms with Gasteiger partial charge in [0.05, 0.1) is 0 Å². The van der Waals surface area contributed by atoms with Crippen LogP contribution >= 0.6 is 0 Å². The van der Waals surface area contributed by atoms with Gasteiger partial charge in [-0.05, 0) is 32.9 Å². The fourth-order valence-electron chi connectivity index (χ4n) is 1.18. The van der Waals surface area contributed by atoms with E-state index in [2.05, 4.69) is 0 Å². The Balaban J connectivity index is 2.89. The van der Waals surface area contributed by atoms with Gasteiger partial charge in [0.1, 0.15) is 10.5 Å². The highest BCUT2D eigenvalue weighted by atomic mass is 32.2. The van der Waals surface area contributed by atoms with E-state index in [1.807, 2.05) is 0 Å². The molecule has 0 radical (unpaired) electrons. The van der Waals surface area contributed by atoms with Gasteiger partial charge >= 0.3 is 6.09 Å². The lowest BCUT2D eigenvalue weighted by Gasteiger charge is -2.19. The smallest absolute Gasteiger partial charge is 0.423 e. The summed E-state index contributed by atoms with van der Waals surface area (Å²) in [4.78, 5) is 11.6. The second-order valence-electron chi connectivity index (χ2n) is 4.91. The van der Waals surface area contributed by atoms with Crippen LogP contribution in [0.4, 0.5) is 18.0 Å². The molecule has 0 saturated heterocycles. The van der Waals surface area contributed by atoms with Crippen molar-refractivity contribution >= 4 is 16.1 Å². The van der Waals surface area contributed by atoms with Gasteiger partial charge < -0.3 is 4.74 Å². The summed E-state index contributed by atoms with van der Waals surface area (Å²) in [6, 6.07) is 0.966. The standard InChI is InChI=1S/C11H13F3N2O4S/c1-11(2,3)20-10(17)15-16-21(18,19)7-5-4-6(12)8(13)9(7)14/h4-5,16H,1-3H3,(H,15,17). The minimum Gasteiger partial charge on any atom is -0.443 e. The molecular weight excluding hydrogens is 313 g/mol. The minimum atomic E-state index is -4.62. The van der Waals surface area contributed by atoms with Crippen molar-refractivity contribution in [3.8, 4) is 0 Å². The predicted molar refractivity (Wildman–Crippen MR) is 66.0 cm³/mol. The van der Waals surface area contributed by atoms with Crippen molar-refractivity contribution in [2.45, 2.75) is 31.3 Å². The Morgan fingerprint density at radius 1 is 1.14 bits per heavy atom. The molecule has 6 nitrogen and oxygen atoms in total. The molecule has 1 rings (SSSR count). The number of ether oxygens (including phenoxy) is 1. The number of sulfonamides is 1.